The summed E-state index contributed by atoms with van der Waals surface area (Å²) < 4.78 is 1.78. The third kappa shape index (κ3) is 3.98. The van der Waals surface area contributed by atoms with Crippen molar-refractivity contribution >= 4 is 11.8 Å². The van der Waals surface area contributed by atoms with E-state index >= 15 is 0 Å². The van der Waals surface area contributed by atoms with Crippen LogP contribution in [0.3, 0.4) is 0 Å². The minimum absolute atomic E-state index is 0.0418. The molecule has 3 heterocycles. The number of nitrogens with one attached hydrogen (secondary N) is 1. The summed E-state index contributed by atoms with van der Waals surface area (Å²) in [5.74, 6) is -0.00907. The number of imidazole rings is 1. The van der Waals surface area contributed by atoms with Crippen molar-refractivity contribution in [1.82, 2.24) is 24.8 Å². The van der Waals surface area contributed by atoms with Crippen molar-refractivity contribution in [3.05, 3.63) is 37.1 Å². The number of nitrogens with zero attached hydrogens (tertiary/aromatic N) is 4. The van der Waals surface area contributed by atoms with Crippen molar-refractivity contribution in [3.8, 4) is 11.3 Å². The highest BCUT2D eigenvalue weighted by Crippen LogP contribution is 2.15. The molecular weight excluding hydrogens is 306 g/mol. The molecule has 0 aliphatic carbocycles. The van der Waals surface area contributed by atoms with Gasteiger partial charge >= 0.3 is 0 Å². The third-order valence-corrected chi connectivity index (χ3v) is 4.09. The second-order valence-electron chi connectivity index (χ2n) is 6.05. The summed E-state index contributed by atoms with van der Waals surface area (Å²) in [4.78, 5) is 33.9. The molecule has 1 aliphatic heterocycles. The monoisotopic (exact) mass is 327 g/mol. The molecular formula is C17H21N5O2. The zero-order valence-corrected chi connectivity index (χ0v) is 13.7. The van der Waals surface area contributed by atoms with Crippen LogP contribution >= 0.6 is 0 Å². The van der Waals surface area contributed by atoms with Gasteiger partial charge in [-0.3, -0.25) is 14.6 Å². The molecule has 24 heavy (non-hydrogen) atoms. The zero-order valence-electron chi connectivity index (χ0n) is 13.7. The fourth-order valence-corrected chi connectivity index (χ4v) is 2.98. The van der Waals surface area contributed by atoms with Crippen molar-refractivity contribution in [2.24, 2.45) is 0 Å². The Kier molecular flexibility index (Phi) is 4.88. The highest BCUT2D eigenvalue weighted by molar-refractivity contribution is 5.77. The number of carbonyl (C=O) groups excluding carboxylic acids is 2. The van der Waals surface area contributed by atoms with Gasteiger partial charge in [0, 0.05) is 50.2 Å². The molecule has 7 nitrogen and oxygen atoms in total. The van der Waals surface area contributed by atoms with Gasteiger partial charge in [-0.05, 0) is 25.0 Å². The Labute approximate surface area is 140 Å². The molecule has 2 amide bonds. The van der Waals surface area contributed by atoms with Gasteiger partial charge in [0.05, 0.1) is 12.0 Å². The first-order valence-corrected chi connectivity index (χ1v) is 8.09. The minimum atomic E-state index is -0.0509. The second-order valence-corrected chi connectivity index (χ2v) is 6.05. The predicted molar refractivity (Wildman–Crippen MR) is 88.9 cm³/mol. The van der Waals surface area contributed by atoms with Crippen molar-refractivity contribution in [1.29, 1.82) is 0 Å². The van der Waals surface area contributed by atoms with Crippen LogP contribution in [-0.4, -0.2) is 50.4 Å². The molecule has 0 aromatic carbocycles. The molecule has 0 saturated carbocycles. The minimum Gasteiger partial charge on any atom is -0.352 e. The second kappa shape index (κ2) is 7.25. The van der Waals surface area contributed by atoms with Gasteiger partial charge in [0.25, 0.3) is 0 Å². The zero-order chi connectivity index (χ0) is 16.9. The van der Waals surface area contributed by atoms with Crippen LogP contribution in [0.5, 0.6) is 0 Å². The van der Waals surface area contributed by atoms with Crippen molar-refractivity contribution in [3.63, 3.8) is 0 Å². The molecule has 0 radical (unpaired) electrons. The summed E-state index contributed by atoms with van der Waals surface area (Å²) in [6, 6.07) is 3.84. The summed E-state index contributed by atoms with van der Waals surface area (Å²) in [6.45, 7) is 3.06. The average molecular weight is 327 g/mol. The van der Waals surface area contributed by atoms with E-state index in [1.54, 1.807) is 23.3 Å². The lowest BCUT2D eigenvalue weighted by molar-refractivity contribution is -0.134. The standard InChI is InChI=1S/C17H21N5O2/c1-13(23)20-15-5-3-7-22(9-15)17(24)11-21-10-16(19-12-21)14-4-2-6-18-8-14/h2,4,6,8,10,12,15H,3,5,7,9,11H2,1H3,(H,20,23). The third-order valence-electron chi connectivity index (χ3n) is 4.09. The van der Waals surface area contributed by atoms with Gasteiger partial charge in [0.15, 0.2) is 0 Å². The predicted octanol–water partition coefficient (Wildman–Crippen LogP) is 1.07. The van der Waals surface area contributed by atoms with E-state index in [0.717, 1.165) is 30.6 Å². The Morgan fingerprint density at radius 3 is 3.04 bits per heavy atom. The molecule has 2 aromatic rings. The molecule has 1 atom stereocenters. The maximum Gasteiger partial charge on any atom is 0.242 e. The number of piperidine rings is 1. The quantitative estimate of drug-likeness (QED) is 0.911. The van der Waals surface area contributed by atoms with E-state index < -0.39 is 0 Å². The number of hydrogen-bond donors (Lipinski definition) is 1. The molecule has 0 bridgehead atoms. The molecule has 126 valence electrons. The van der Waals surface area contributed by atoms with Crippen LogP contribution in [0.15, 0.2) is 37.1 Å². The molecule has 1 aliphatic rings. The van der Waals surface area contributed by atoms with Crippen LogP contribution in [0.4, 0.5) is 0 Å². The summed E-state index contributed by atoms with van der Waals surface area (Å²) in [5.41, 5.74) is 1.72. The smallest absolute Gasteiger partial charge is 0.242 e. The van der Waals surface area contributed by atoms with Crippen LogP contribution in [-0.2, 0) is 16.1 Å². The maximum absolute atomic E-state index is 12.5. The SMILES string of the molecule is CC(=O)NC1CCCN(C(=O)Cn2cnc(-c3cccnc3)c2)C1. The normalized spacial score (nSPS) is 17.5. The first-order valence-electron chi connectivity index (χ1n) is 8.09. The van der Waals surface area contributed by atoms with E-state index in [1.807, 2.05) is 23.2 Å². The number of aromatic nitrogens is 3. The van der Waals surface area contributed by atoms with Crippen LogP contribution in [0, 0.1) is 0 Å². The van der Waals surface area contributed by atoms with E-state index in [-0.39, 0.29) is 24.4 Å². The Morgan fingerprint density at radius 1 is 1.42 bits per heavy atom. The highest BCUT2D eigenvalue weighted by Gasteiger charge is 2.24. The van der Waals surface area contributed by atoms with E-state index in [2.05, 4.69) is 15.3 Å². The lowest BCUT2D eigenvalue weighted by Gasteiger charge is -2.33. The Hall–Kier alpha value is -2.70. The molecule has 1 fully saturated rings. The van der Waals surface area contributed by atoms with Gasteiger partial charge in [-0.2, -0.15) is 0 Å². The molecule has 3 rings (SSSR count). The fourth-order valence-electron chi connectivity index (χ4n) is 2.98. The lowest BCUT2D eigenvalue weighted by Crippen LogP contribution is -2.49. The maximum atomic E-state index is 12.5. The van der Waals surface area contributed by atoms with Crippen molar-refractivity contribution in [2.45, 2.75) is 32.4 Å². The van der Waals surface area contributed by atoms with Crippen LogP contribution < -0.4 is 5.32 Å². The molecule has 0 spiro atoms. The van der Waals surface area contributed by atoms with E-state index in [4.69, 9.17) is 0 Å². The van der Waals surface area contributed by atoms with Gasteiger partial charge in [0.1, 0.15) is 6.54 Å². The molecule has 1 saturated heterocycles. The number of likely N-dealkylation sites (tertiary alicyclic amines) is 1. The number of hydrogen-bond acceptors (Lipinski definition) is 4. The number of amides is 2. The Balaban J connectivity index is 1.61. The summed E-state index contributed by atoms with van der Waals surface area (Å²) in [5, 5.41) is 2.90. The van der Waals surface area contributed by atoms with Crippen LogP contribution in [0.2, 0.25) is 0 Å². The van der Waals surface area contributed by atoms with Crippen LogP contribution in [0.1, 0.15) is 19.8 Å². The fraction of sp³-hybridized carbons (Fsp3) is 0.412. The number of pyridine rings is 1. The topological polar surface area (TPSA) is 80.1 Å². The molecule has 1 unspecified atom stereocenters. The summed E-state index contributed by atoms with van der Waals surface area (Å²) in [6.07, 6.45) is 8.80. The van der Waals surface area contributed by atoms with E-state index in [1.165, 1.54) is 6.92 Å². The number of rotatable bonds is 4. The Morgan fingerprint density at radius 2 is 2.29 bits per heavy atom. The van der Waals surface area contributed by atoms with Crippen LogP contribution in [0.25, 0.3) is 11.3 Å². The van der Waals surface area contributed by atoms with E-state index in [0.29, 0.717) is 6.54 Å². The van der Waals surface area contributed by atoms with E-state index in [9.17, 15) is 9.59 Å². The largest absolute Gasteiger partial charge is 0.352 e. The van der Waals surface area contributed by atoms with Gasteiger partial charge < -0.3 is 14.8 Å². The van der Waals surface area contributed by atoms with Gasteiger partial charge in [-0.25, -0.2) is 4.98 Å². The van der Waals surface area contributed by atoms with Crippen molar-refractivity contribution < 1.29 is 9.59 Å². The molecule has 1 N–H and O–H groups in total. The molecule has 7 heteroatoms. The Bertz CT molecular complexity index is 713. The number of carbonyl (C=O) groups is 2. The first kappa shape index (κ1) is 16.2. The highest BCUT2D eigenvalue weighted by atomic mass is 16.2. The summed E-state index contributed by atoms with van der Waals surface area (Å²) >= 11 is 0. The first-order chi connectivity index (χ1) is 11.6. The lowest BCUT2D eigenvalue weighted by atomic mass is 10.1. The van der Waals surface area contributed by atoms with Gasteiger partial charge in [-0.1, -0.05) is 0 Å². The summed E-state index contributed by atoms with van der Waals surface area (Å²) in [7, 11) is 0. The molecule has 2 aromatic heterocycles. The van der Waals surface area contributed by atoms with Gasteiger partial charge in [-0.15, -0.1) is 0 Å². The van der Waals surface area contributed by atoms with Crippen molar-refractivity contribution in [2.75, 3.05) is 13.1 Å². The van der Waals surface area contributed by atoms with Gasteiger partial charge in [0.2, 0.25) is 11.8 Å². The average Bonchev–Trinajstić information content (AvgIpc) is 3.04.